The summed E-state index contributed by atoms with van der Waals surface area (Å²) in [7, 11) is -3.97. The van der Waals surface area contributed by atoms with Crippen LogP contribution in [0.1, 0.15) is 29.7 Å². The SMILES string of the molecule is CCc1ccc(S(=O)(=O)NC(=O)C(Cc2ccccc2)c2cc3ccccc3[nH]2)cc1. The van der Waals surface area contributed by atoms with Crippen molar-refractivity contribution in [2.45, 2.75) is 30.6 Å². The zero-order valence-electron chi connectivity index (χ0n) is 17.2. The van der Waals surface area contributed by atoms with E-state index < -0.39 is 21.8 Å². The summed E-state index contributed by atoms with van der Waals surface area (Å²) in [6, 6.07) is 25.8. The lowest BCUT2D eigenvalue weighted by molar-refractivity contribution is -0.120. The Morgan fingerprint density at radius 3 is 2.26 bits per heavy atom. The number of H-pyrrole nitrogens is 1. The van der Waals surface area contributed by atoms with E-state index in [1.807, 2.05) is 67.6 Å². The summed E-state index contributed by atoms with van der Waals surface area (Å²) in [6.07, 6.45) is 1.19. The number of aromatic nitrogens is 1. The van der Waals surface area contributed by atoms with Gasteiger partial charge in [0.2, 0.25) is 5.91 Å². The Morgan fingerprint density at radius 1 is 0.903 bits per heavy atom. The van der Waals surface area contributed by atoms with Gasteiger partial charge in [0, 0.05) is 11.2 Å². The first kappa shape index (κ1) is 20.9. The molecule has 31 heavy (non-hydrogen) atoms. The molecule has 0 aliphatic rings. The van der Waals surface area contributed by atoms with E-state index in [1.165, 1.54) is 12.1 Å². The van der Waals surface area contributed by atoms with Crippen molar-refractivity contribution >= 4 is 26.8 Å². The maximum absolute atomic E-state index is 13.2. The molecule has 0 aliphatic heterocycles. The second-order valence-corrected chi connectivity index (χ2v) is 9.20. The number of para-hydroxylation sites is 1. The van der Waals surface area contributed by atoms with Gasteiger partial charge in [0.25, 0.3) is 10.0 Å². The van der Waals surface area contributed by atoms with Gasteiger partial charge in [-0.25, -0.2) is 13.1 Å². The second kappa shape index (κ2) is 8.78. The van der Waals surface area contributed by atoms with Crippen molar-refractivity contribution in [1.29, 1.82) is 0 Å². The van der Waals surface area contributed by atoms with Crippen LogP contribution in [0.4, 0.5) is 0 Å². The van der Waals surface area contributed by atoms with Crippen LogP contribution < -0.4 is 4.72 Å². The zero-order valence-corrected chi connectivity index (χ0v) is 18.0. The van der Waals surface area contributed by atoms with E-state index in [0.717, 1.165) is 28.5 Å². The minimum absolute atomic E-state index is 0.0770. The number of benzene rings is 3. The molecular formula is C25H24N2O3S. The fourth-order valence-corrected chi connectivity index (χ4v) is 4.66. The average Bonchev–Trinajstić information content (AvgIpc) is 3.21. The van der Waals surface area contributed by atoms with Crippen molar-refractivity contribution in [2.75, 3.05) is 0 Å². The van der Waals surface area contributed by atoms with E-state index in [2.05, 4.69) is 9.71 Å². The van der Waals surface area contributed by atoms with Gasteiger partial charge >= 0.3 is 0 Å². The van der Waals surface area contributed by atoms with Gasteiger partial charge in [0.15, 0.2) is 0 Å². The molecule has 3 aromatic carbocycles. The molecule has 0 aliphatic carbocycles. The van der Waals surface area contributed by atoms with Gasteiger partial charge in [0.1, 0.15) is 0 Å². The highest BCUT2D eigenvalue weighted by Gasteiger charge is 2.27. The molecule has 0 bridgehead atoms. The number of carbonyl (C=O) groups is 1. The quantitative estimate of drug-likeness (QED) is 0.449. The molecule has 1 atom stereocenters. The summed E-state index contributed by atoms with van der Waals surface area (Å²) < 4.78 is 28.0. The predicted octanol–water partition coefficient (Wildman–Crippen LogP) is 4.56. The minimum atomic E-state index is -3.97. The van der Waals surface area contributed by atoms with Gasteiger partial charge in [-0.3, -0.25) is 4.79 Å². The summed E-state index contributed by atoms with van der Waals surface area (Å²) in [4.78, 5) is 16.6. The number of hydrogen-bond acceptors (Lipinski definition) is 3. The molecule has 4 aromatic rings. The smallest absolute Gasteiger partial charge is 0.264 e. The molecule has 4 rings (SSSR count). The van der Waals surface area contributed by atoms with Crippen LogP contribution >= 0.6 is 0 Å². The number of amides is 1. The highest BCUT2D eigenvalue weighted by atomic mass is 32.2. The van der Waals surface area contributed by atoms with Crippen molar-refractivity contribution in [3.63, 3.8) is 0 Å². The normalized spacial score (nSPS) is 12.5. The monoisotopic (exact) mass is 432 g/mol. The number of rotatable bonds is 7. The first-order valence-electron chi connectivity index (χ1n) is 10.2. The minimum Gasteiger partial charge on any atom is -0.358 e. The topological polar surface area (TPSA) is 79.0 Å². The van der Waals surface area contributed by atoms with Crippen LogP contribution in [-0.4, -0.2) is 19.3 Å². The summed E-state index contributed by atoms with van der Waals surface area (Å²) in [6.45, 7) is 2.00. The molecule has 158 valence electrons. The van der Waals surface area contributed by atoms with E-state index in [1.54, 1.807) is 12.1 Å². The van der Waals surface area contributed by atoms with Gasteiger partial charge in [-0.1, -0.05) is 67.6 Å². The molecule has 0 fully saturated rings. The fraction of sp³-hybridized carbons (Fsp3) is 0.160. The van der Waals surface area contributed by atoms with Crippen LogP contribution in [0.5, 0.6) is 0 Å². The van der Waals surface area contributed by atoms with Crippen molar-refractivity contribution in [3.05, 3.63) is 102 Å². The molecule has 1 aromatic heterocycles. The highest BCUT2D eigenvalue weighted by Crippen LogP contribution is 2.26. The third-order valence-corrected chi connectivity index (χ3v) is 6.76. The Hall–Kier alpha value is -3.38. The summed E-state index contributed by atoms with van der Waals surface area (Å²) >= 11 is 0. The Balaban J connectivity index is 1.65. The van der Waals surface area contributed by atoms with E-state index in [-0.39, 0.29) is 4.90 Å². The fourth-order valence-electron chi connectivity index (χ4n) is 3.64. The van der Waals surface area contributed by atoms with Crippen molar-refractivity contribution in [3.8, 4) is 0 Å². The van der Waals surface area contributed by atoms with Gasteiger partial charge in [-0.2, -0.15) is 0 Å². The van der Waals surface area contributed by atoms with Gasteiger partial charge < -0.3 is 4.98 Å². The summed E-state index contributed by atoms with van der Waals surface area (Å²) in [5, 5.41) is 0.973. The molecule has 0 saturated heterocycles. The maximum atomic E-state index is 13.2. The molecular weight excluding hydrogens is 408 g/mol. The Morgan fingerprint density at radius 2 is 1.58 bits per heavy atom. The predicted molar refractivity (Wildman–Crippen MR) is 122 cm³/mol. The molecule has 1 unspecified atom stereocenters. The lowest BCUT2D eigenvalue weighted by Gasteiger charge is -2.16. The van der Waals surface area contributed by atoms with Crippen molar-refractivity contribution < 1.29 is 13.2 Å². The number of sulfonamides is 1. The number of aryl methyl sites for hydroxylation is 1. The molecule has 0 radical (unpaired) electrons. The van der Waals surface area contributed by atoms with Crippen LogP contribution in [0.25, 0.3) is 10.9 Å². The van der Waals surface area contributed by atoms with Crippen LogP contribution in [0, 0.1) is 0 Å². The summed E-state index contributed by atoms with van der Waals surface area (Å²) in [5.41, 5.74) is 3.57. The third-order valence-electron chi connectivity index (χ3n) is 5.40. The van der Waals surface area contributed by atoms with Crippen LogP contribution in [0.2, 0.25) is 0 Å². The van der Waals surface area contributed by atoms with E-state index >= 15 is 0 Å². The number of aromatic amines is 1. The van der Waals surface area contributed by atoms with Gasteiger partial charge in [-0.15, -0.1) is 0 Å². The van der Waals surface area contributed by atoms with Crippen LogP contribution in [0.3, 0.4) is 0 Å². The first-order valence-corrected chi connectivity index (χ1v) is 11.7. The number of nitrogens with one attached hydrogen (secondary N) is 2. The maximum Gasteiger partial charge on any atom is 0.264 e. The number of fused-ring (bicyclic) bond motifs is 1. The second-order valence-electron chi connectivity index (χ2n) is 7.52. The number of carbonyl (C=O) groups excluding carboxylic acids is 1. The van der Waals surface area contributed by atoms with Gasteiger partial charge in [0.05, 0.1) is 10.8 Å². The van der Waals surface area contributed by atoms with Crippen LogP contribution in [-0.2, 0) is 27.7 Å². The molecule has 1 amide bonds. The van der Waals surface area contributed by atoms with Crippen molar-refractivity contribution in [2.24, 2.45) is 0 Å². The molecule has 0 saturated carbocycles. The molecule has 1 heterocycles. The van der Waals surface area contributed by atoms with E-state index in [0.29, 0.717) is 12.1 Å². The molecule has 6 heteroatoms. The number of hydrogen-bond donors (Lipinski definition) is 2. The summed E-state index contributed by atoms with van der Waals surface area (Å²) in [5.74, 6) is -1.24. The third kappa shape index (κ3) is 4.70. The highest BCUT2D eigenvalue weighted by molar-refractivity contribution is 7.90. The Kier molecular flexibility index (Phi) is 5.91. The van der Waals surface area contributed by atoms with Crippen LogP contribution in [0.15, 0.2) is 89.8 Å². The standard InChI is InChI=1S/C25H24N2O3S/c1-2-18-12-14-21(15-13-18)31(29,30)27-25(28)22(16-19-8-4-3-5-9-19)24-17-20-10-6-7-11-23(20)26-24/h3-15,17,22,26H,2,16H2,1H3,(H,27,28). The van der Waals surface area contributed by atoms with Crippen molar-refractivity contribution in [1.82, 2.24) is 9.71 Å². The van der Waals surface area contributed by atoms with Gasteiger partial charge in [-0.05, 0) is 53.6 Å². The lowest BCUT2D eigenvalue weighted by atomic mass is 9.95. The molecule has 2 N–H and O–H groups in total. The lowest BCUT2D eigenvalue weighted by Crippen LogP contribution is -2.35. The van der Waals surface area contributed by atoms with E-state index in [4.69, 9.17) is 0 Å². The molecule has 5 nitrogen and oxygen atoms in total. The first-order chi connectivity index (χ1) is 15.0. The zero-order chi connectivity index (χ0) is 21.8. The largest absolute Gasteiger partial charge is 0.358 e. The van der Waals surface area contributed by atoms with E-state index in [9.17, 15) is 13.2 Å². The average molecular weight is 433 g/mol. The Labute approximate surface area is 182 Å². The molecule has 0 spiro atoms. The Bertz CT molecular complexity index is 1260.